The van der Waals surface area contributed by atoms with Gasteiger partial charge in [-0.1, -0.05) is 5.10 Å². The minimum absolute atomic E-state index is 0.000506. The Morgan fingerprint density at radius 1 is 1.39 bits per heavy atom. The number of rotatable bonds is 6. The van der Waals surface area contributed by atoms with Crippen LogP contribution in [0.1, 0.15) is 39.6 Å². The van der Waals surface area contributed by atoms with Crippen molar-refractivity contribution in [3.8, 4) is 0 Å². The quantitative estimate of drug-likeness (QED) is 0.778. The van der Waals surface area contributed by atoms with Crippen molar-refractivity contribution in [2.24, 2.45) is 5.73 Å². The van der Waals surface area contributed by atoms with Crippen LogP contribution in [-0.4, -0.2) is 40.1 Å². The molecule has 1 amide bonds. The van der Waals surface area contributed by atoms with E-state index in [1.807, 2.05) is 13.8 Å². The standard InChI is InChI=1S/C11H21N5O2/c1-5-16(6-2)10(17)8(4)13-11-15-14-9(18-11)7(3)12/h7-8H,5-6,12H2,1-4H3,(H,13,15). The Morgan fingerprint density at radius 2 is 2.00 bits per heavy atom. The minimum atomic E-state index is -0.411. The van der Waals surface area contributed by atoms with Gasteiger partial charge in [-0.25, -0.2) is 0 Å². The van der Waals surface area contributed by atoms with Gasteiger partial charge in [-0.15, -0.1) is 5.10 Å². The lowest BCUT2D eigenvalue weighted by atomic mass is 10.3. The zero-order chi connectivity index (χ0) is 13.7. The highest BCUT2D eigenvalue weighted by Gasteiger charge is 2.20. The van der Waals surface area contributed by atoms with Gasteiger partial charge in [0.1, 0.15) is 6.04 Å². The molecule has 0 spiro atoms. The van der Waals surface area contributed by atoms with E-state index in [-0.39, 0.29) is 18.0 Å². The molecule has 3 N–H and O–H groups in total. The normalized spacial score (nSPS) is 14.1. The molecule has 0 saturated carbocycles. The highest BCUT2D eigenvalue weighted by atomic mass is 16.4. The Bertz CT molecular complexity index is 387. The van der Waals surface area contributed by atoms with Gasteiger partial charge in [-0.3, -0.25) is 4.79 Å². The summed E-state index contributed by atoms with van der Waals surface area (Å²) in [5.74, 6) is 0.348. The molecule has 7 heteroatoms. The number of nitrogens with zero attached hydrogens (tertiary/aromatic N) is 3. The van der Waals surface area contributed by atoms with E-state index in [1.165, 1.54) is 0 Å². The second kappa shape index (κ2) is 6.34. The van der Waals surface area contributed by atoms with Gasteiger partial charge in [0.05, 0.1) is 6.04 Å². The number of aromatic nitrogens is 2. The molecule has 1 heterocycles. The fourth-order valence-corrected chi connectivity index (χ4v) is 1.53. The first kappa shape index (κ1) is 14.4. The average Bonchev–Trinajstić information content (AvgIpc) is 2.79. The average molecular weight is 255 g/mol. The Morgan fingerprint density at radius 3 is 2.44 bits per heavy atom. The number of nitrogens with one attached hydrogen (secondary N) is 1. The van der Waals surface area contributed by atoms with Crippen molar-refractivity contribution < 1.29 is 9.21 Å². The van der Waals surface area contributed by atoms with Crippen molar-refractivity contribution in [2.45, 2.75) is 39.8 Å². The van der Waals surface area contributed by atoms with Crippen molar-refractivity contribution in [3.05, 3.63) is 5.89 Å². The smallest absolute Gasteiger partial charge is 0.316 e. The third kappa shape index (κ3) is 3.43. The lowest BCUT2D eigenvalue weighted by molar-refractivity contribution is -0.131. The van der Waals surface area contributed by atoms with Gasteiger partial charge in [-0.05, 0) is 27.7 Å². The van der Waals surface area contributed by atoms with Gasteiger partial charge >= 0.3 is 6.01 Å². The number of carbonyl (C=O) groups excluding carboxylic acids is 1. The summed E-state index contributed by atoms with van der Waals surface area (Å²) in [6.07, 6.45) is 0. The van der Waals surface area contributed by atoms with E-state index >= 15 is 0 Å². The first-order valence-corrected chi connectivity index (χ1v) is 6.13. The summed E-state index contributed by atoms with van der Waals surface area (Å²) in [4.78, 5) is 13.7. The monoisotopic (exact) mass is 255 g/mol. The third-order valence-corrected chi connectivity index (χ3v) is 2.62. The van der Waals surface area contributed by atoms with Crippen molar-refractivity contribution in [1.82, 2.24) is 15.1 Å². The first-order chi connectivity index (χ1) is 8.49. The van der Waals surface area contributed by atoms with Crippen molar-refractivity contribution in [3.63, 3.8) is 0 Å². The summed E-state index contributed by atoms with van der Waals surface area (Å²) in [7, 11) is 0. The zero-order valence-electron chi connectivity index (χ0n) is 11.3. The van der Waals surface area contributed by atoms with Crippen molar-refractivity contribution >= 4 is 11.9 Å². The lowest BCUT2D eigenvalue weighted by Gasteiger charge is -2.22. The number of nitrogens with two attached hydrogens (primary N) is 1. The van der Waals surface area contributed by atoms with Gasteiger partial charge in [-0.2, -0.15) is 0 Å². The van der Waals surface area contributed by atoms with Gasteiger partial charge < -0.3 is 20.4 Å². The molecule has 0 aromatic carbocycles. The molecule has 0 radical (unpaired) electrons. The van der Waals surface area contributed by atoms with Crippen LogP contribution >= 0.6 is 0 Å². The Labute approximate surface area is 107 Å². The molecular formula is C11H21N5O2. The molecule has 2 unspecified atom stereocenters. The topological polar surface area (TPSA) is 97.3 Å². The number of hydrogen-bond acceptors (Lipinski definition) is 6. The van der Waals surface area contributed by atoms with Gasteiger partial charge in [0, 0.05) is 13.1 Å². The summed E-state index contributed by atoms with van der Waals surface area (Å²) < 4.78 is 5.28. The molecule has 0 aliphatic rings. The van der Waals surface area contributed by atoms with E-state index in [2.05, 4.69) is 15.5 Å². The lowest BCUT2D eigenvalue weighted by Crippen LogP contribution is -2.41. The molecule has 1 rings (SSSR count). The Balaban J connectivity index is 2.63. The predicted molar refractivity (Wildman–Crippen MR) is 67.9 cm³/mol. The molecule has 0 saturated heterocycles. The van der Waals surface area contributed by atoms with Crippen LogP contribution in [0.15, 0.2) is 4.42 Å². The van der Waals surface area contributed by atoms with Crippen molar-refractivity contribution in [1.29, 1.82) is 0 Å². The highest BCUT2D eigenvalue weighted by molar-refractivity contribution is 5.83. The second-order valence-corrected chi connectivity index (χ2v) is 4.11. The summed E-state index contributed by atoms with van der Waals surface area (Å²) in [6, 6.07) is -0.511. The van der Waals surface area contributed by atoms with Crippen LogP contribution in [0.2, 0.25) is 0 Å². The fourth-order valence-electron chi connectivity index (χ4n) is 1.53. The molecule has 0 aliphatic heterocycles. The van der Waals surface area contributed by atoms with E-state index in [1.54, 1.807) is 18.7 Å². The molecule has 2 atom stereocenters. The second-order valence-electron chi connectivity index (χ2n) is 4.11. The van der Waals surface area contributed by atoms with E-state index < -0.39 is 6.04 Å². The van der Waals surface area contributed by atoms with Crippen LogP contribution in [-0.2, 0) is 4.79 Å². The largest absolute Gasteiger partial charge is 0.406 e. The summed E-state index contributed by atoms with van der Waals surface area (Å²) >= 11 is 0. The number of amides is 1. The maximum Gasteiger partial charge on any atom is 0.316 e. The number of hydrogen-bond donors (Lipinski definition) is 2. The minimum Gasteiger partial charge on any atom is -0.406 e. The number of carbonyl (C=O) groups is 1. The van der Waals surface area contributed by atoms with E-state index in [9.17, 15) is 4.79 Å². The van der Waals surface area contributed by atoms with Gasteiger partial charge in [0.25, 0.3) is 0 Å². The summed E-state index contributed by atoms with van der Waals surface area (Å²) in [5, 5.41) is 10.5. The molecule has 7 nitrogen and oxygen atoms in total. The van der Waals surface area contributed by atoms with Crippen LogP contribution < -0.4 is 11.1 Å². The van der Waals surface area contributed by atoms with Crippen LogP contribution in [0.3, 0.4) is 0 Å². The Kier molecular flexibility index (Phi) is 5.08. The molecule has 0 fully saturated rings. The molecule has 18 heavy (non-hydrogen) atoms. The summed E-state index contributed by atoms with van der Waals surface area (Å²) in [5.41, 5.74) is 5.61. The number of anilines is 1. The van der Waals surface area contributed by atoms with Crippen LogP contribution in [0.5, 0.6) is 0 Å². The van der Waals surface area contributed by atoms with E-state index in [0.717, 1.165) is 0 Å². The fraction of sp³-hybridized carbons (Fsp3) is 0.727. The molecule has 0 aliphatic carbocycles. The van der Waals surface area contributed by atoms with E-state index in [4.69, 9.17) is 10.2 Å². The molecular weight excluding hydrogens is 234 g/mol. The molecule has 1 aromatic heterocycles. The van der Waals surface area contributed by atoms with Crippen LogP contribution in [0.25, 0.3) is 0 Å². The van der Waals surface area contributed by atoms with E-state index in [0.29, 0.717) is 19.0 Å². The maximum absolute atomic E-state index is 12.0. The predicted octanol–water partition coefficient (Wildman–Crippen LogP) is 0.758. The third-order valence-electron chi connectivity index (χ3n) is 2.62. The van der Waals surface area contributed by atoms with Gasteiger partial charge in [0.2, 0.25) is 11.8 Å². The summed E-state index contributed by atoms with van der Waals surface area (Å²) in [6.45, 7) is 8.74. The molecule has 0 bridgehead atoms. The van der Waals surface area contributed by atoms with Crippen LogP contribution in [0, 0.1) is 0 Å². The molecule has 1 aromatic rings. The highest BCUT2D eigenvalue weighted by Crippen LogP contribution is 2.12. The first-order valence-electron chi connectivity index (χ1n) is 6.13. The Hall–Kier alpha value is -1.63. The van der Waals surface area contributed by atoms with Crippen molar-refractivity contribution in [2.75, 3.05) is 18.4 Å². The SMILES string of the molecule is CCN(CC)C(=O)C(C)Nc1nnc(C(C)N)o1. The zero-order valence-corrected chi connectivity index (χ0v) is 11.3. The maximum atomic E-state index is 12.0. The van der Waals surface area contributed by atoms with Gasteiger partial charge in [0.15, 0.2) is 0 Å². The number of likely N-dealkylation sites (N-methyl/N-ethyl adjacent to an activating group) is 1. The van der Waals surface area contributed by atoms with Crippen LogP contribution in [0.4, 0.5) is 6.01 Å². The molecule has 102 valence electrons.